The van der Waals surface area contributed by atoms with Crippen LogP contribution in [0.4, 0.5) is 19.0 Å². The Morgan fingerprint density at radius 3 is 2.61 bits per heavy atom. The molecule has 2 aromatic heterocycles. The molecular formula is C24H26F3N5O. The maximum absolute atomic E-state index is 13.4. The molecule has 0 unspecified atom stereocenters. The van der Waals surface area contributed by atoms with Gasteiger partial charge in [-0.2, -0.15) is 18.2 Å². The second kappa shape index (κ2) is 8.97. The highest BCUT2D eigenvalue weighted by molar-refractivity contribution is 5.91. The molecule has 3 heterocycles. The zero-order valence-electron chi connectivity index (χ0n) is 19.0. The lowest BCUT2D eigenvalue weighted by atomic mass is 9.97. The van der Waals surface area contributed by atoms with E-state index in [2.05, 4.69) is 31.7 Å². The number of nitrogens with one attached hydrogen (secondary N) is 2. The first-order valence-corrected chi connectivity index (χ1v) is 10.8. The van der Waals surface area contributed by atoms with Gasteiger partial charge in [-0.1, -0.05) is 18.2 Å². The molecule has 1 aliphatic heterocycles. The minimum Gasteiger partial charge on any atom is -0.481 e. The number of benzene rings is 1. The van der Waals surface area contributed by atoms with Gasteiger partial charge in [0.1, 0.15) is 11.6 Å². The first-order valence-electron chi connectivity index (χ1n) is 10.8. The lowest BCUT2D eigenvalue weighted by molar-refractivity contribution is -0.138. The van der Waals surface area contributed by atoms with Crippen molar-refractivity contribution in [2.45, 2.75) is 39.4 Å². The van der Waals surface area contributed by atoms with E-state index in [1.54, 1.807) is 20.1 Å². The van der Waals surface area contributed by atoms with Crippen molar-refractivity contribution in [3.05, 3.63) is 58.4 Å². The molecule has 9 heteroatoms. The summed E-state index contributed by atoms with van der Waals surface area (Å²) in [5.74, 6) is 1.51. The molecule has 0 amide bonds. The molecular weight excluding hydrogens is 431 g/mol. The summed E-state index contributed by atoms with van der Waals surface area (Å²) < 4.78 is 45.7. The highest BCUT2D eigenvalue weighted by atomic mass is 19.4. The number of ether oxygens (including phenoxy) is 1. The molecule has 3 aromatic rings. The fraction of sp³-hybridized carbons (Fsp3) is 0.375. The van der Waals surface area contributed by atoms with Crippen molar-refractivity contribution in [2.24, 2.45) is 0 Å². The molecule has 4 rings (SSSR count). The highest BCUT2D eigenvalue weighted by Gasteiger charge is 2.33. The third-order valence-electron chi connectivity index (χ3n) is 5.87. The Morgan fingerprint density at radius 2 is 1.94 bits per heavy atom. The summed E-state index contributed by atoms with van der Waals surface area (Å²) in [7, 11) is 1.57. The van der Waals surface area contributed by atoms with Gasteiger partial charge >= 0.3 is 6.18 Å². The van der Waals surface area contributed by atoms with E-state index < -0.39 is 17.8 Å². The van der Waals surface area contributed by atoms with Crippen LogP contribution in [-0.4, -0.2) is 35.2 Å². The predicted molar refractivity (Wildman–Crippen MR) is 122 cm³/mol. The Kier molecular flexibility index (Phi) is 6.25. The molecule has 0 fully saturated rings. The summed E-state index contributed by atoms with van der Waals surface area (Å²) >= 11 is 0. The monoisotopic (exact) mass is 457 g/mol. The number of nitrogens with zero attached hydrogens (tertiary/aromatic N) is 3. The first kappa shape index (κ1) is 23.0. The van der Waals surface area contributed by atoms with E-state index in [0.717, 1.165) is 36.7 Å². The number of rotatable bonds is 5. The number of methoxy groups -OCH3 is 1. The summed E-state index contributed by atoms with van der Waals surface area (Å²) in [5, 5.41) is 7.27. The van der Waals surface area contributed by atoms with Crippen molar-refractivity contribution < 1.29 is 17.9 Å². The van der Waals surface area contributed by atoms with Crippen LogP contribution in [0.15, 0.2) is 30.3 Å². The smallest absolute Gasteiger partial charge is 0.416 e. The van der Waals surface area contributed by atoms with E-state index in [0.29, 0.717) is 34.1 Å². The van der Waals surface area contributed by atoms with E-state index in [9.17, 15) is 13.2 Å². The van der Waals surface area contributed by atoms with Gasteiger partial charge in [-0.25, -0.2) is 9.97 Å². The lowest BCUT2D eigenvalue weighted by Crippen LogP contribution is -2.20. The molecule has 174 valence electrons. The molecule has 0 saturated carbocycles. The van der Waals surface area contributed by atoms with Gasteiger partial charge in [0, 0.05) is 12.1 Å². The largest absolute Gasteiger partial charge is 0.481 e. The van der Waals surface area contributed by atoms with Crippen LogP contribution in [0.5, 0.6) is 5.88 Å². The Morgan fingerprint density at radius 1 is 1.15 bits per heavy atom. The van der Waals surface area contributed by atoms with Crippen LogP contribution in [0.25, 0.3) is 16.6 Å². The van der Waals surface area contributed by atoms with E-state index >= 15 is 0 Å². The second-order valence-electron chi connectivity index (χ2n) is 8.10. The molecule has 2 N–H and O–H groups in total. The van der Waals surface area contributed by atoms with Crippen molar-refractivity contribution in [2.75, 3.05) is 25.5 Å². The first-order chi connectivity index (χ1) is 15.7. The Labute approximate surface area is 190 Å². The summed E-state index contributed by atoms with van der Waals surface area (Å²) in [5.41, 5.74) is 2.56. The number of hydrogen-bond acceptors (Lipinski definition) is 6. The maximum Gasteiger partial charge on any atom is 0.416 e. The van der Waals surface area contributed by atoms with Crippen molar-refractivity contribution >= 4 is 22.4 Å². The van der Waals surface area contributed by atoms with E-state index in [-0.39, 0.29) is 5.56 Å². The van der Waals surface area contributed by atoms with Crippen molar-refractivity contribution in [1.82, 2.24) is 20.3 Å². The normalized spacial score (nSPS) is 15.3. The van der Waals surface area contributed by atoms with E-state index in [1.807, 2.05) is 13.0 Å². The number of hydrogen-bond donors (Lipinski definition) is 2. The fourth-order valence-corrected chi connectivity index (χ4v) is 4.22. The van der Waals surface area contributed by atoms with Crippen molar-refractivity contribution in [1.29, 1.82) is 0 Å². The molecule has 0 radical (unpaired) electrons. The molecule has 0 aliphatic carbocycles. The van der Waals surface area contributed by atoms with Crippen LogP contribution < -0.4 is 15.4 Å². The summed E-state index contributed by atoms with van der Waals surface area (Å²) in [6, 6.07) is 5.76. The van der Waals surface area contributed by atoms with Crippen LogP contribution in [0.3, 0.4) is 0 Å². The molecule has 0 saturated heterocycles. The van der Waals surface area contributed by atoms with Gasteiger partial charge in [-0.3, -0.25) is 0 Å². The maximum atomic E-state index is 13.4. The molecule has 0 bridgehead atoms. The number of pyridine rings is 1. The molecule has 6 nitrogen and oxygen atoms in total. The third-order valence-corrected chi connectivity index (χ3v) is 5.87. The SMILES string of the molecule is COc1nc2nc(C)nc(N[C@H](C)c3cccc(C(F)(F)F)c3C)c2cc1C1=CCNCC1. The number of anilines is 1. The van der Waals surface area contributed by atoms with Crippen LogP contribution in [0, 0.1) is 13.8 Å². The van der Waals surface area contributed by atoms with Gasteiger partial charge < -0.3 is 15.4 Å². The minimum atomic E-state index is -4.41. The number of aryl methyl sites for hydroxylation is 1. The van der Waals surface area contributed by atoms with Crippen LogP contribution >= 0.6 is 0 Å². The van der Waals surface area contributed by atoms with Crippen LogP contribution in [0.2, 0.25) is 0 Å². The average Bonchev–Trinajstić information content (AvgIpc) is 2.78. The van der Waals surface area contributed by atoms with Crippen LogP contribution in [-0.2, 0) is 6.18 Å². The zero-order valence-corrected chi connectivity index (χ0v) is 19.0. The molecule has 1 aliphatic rings. The Bertz CT molecular complexity index is 1220. The number of fused-ring (bicyclic) bond motifs is 1. The number of aromatic nitrogens is 3. The van der Waals surface area contributed by atoms with Crippen molar-refractivity contribution in [3.8, 4) is 5.88 Å². The van der Waals surface area contributed by atoms with Gasteiger partial charge in [0.15, 0.2) is 5.65 Å². The van der Waals surface area contributed by atoms with Gasteiger partial charge in [0.05, 0.1) is 24.1 Å². The Hall–Kier alpha value is -3.20. The quantitative estimate of drug-likeness (QED) is 0.548. The van der Waals surface area contributed by atoms with Gasteiger partial charge in [0.25, 0.3) is 0 Å². The summed E-state index contributed by atoms with van der Waals surface area (Å²) in [6.07, 6.45) is -1.47. The summed E-state index contributed by atoms with van der Waals surface area (Å²) in [6.45, 7) is 6.68. The standard InChI is InChI=1S/C24H26F3N5O/c1-13-17(6-5-7-20(13)24(25,26)27)14(2)29-21-19-12-18(16-8-10-28-11-9-16)23(33-4)32-22(19)31-15(3)30-21/h5-8,12,14,28H,9-11H2,1-4H3,(H,29,30,31,32)/t14-/m1/s1. The van der Waals surface area contributed by atoms with Gasteiger partial charge in [-0.05, 0) is 62.6 Å². The van der Waals surface area contributed by atoms with Gasteiger partial charge in [-0.15, -0.1) is 0 Å². The molecule has 1 aromatic carbocycles. The summed E-state index contributed by atoms with van der Waals surface area (Å²) in [4.78, 5) is 13.6. The lowest BCUT2D eigenvalue weighted by Gasteiger charge is -2.22. The fourth-order valence-electron chi connectivity index (χ4n) is 4.22. The second-order valence-corrected chi connectivity index (χ2v) is 8.10. The molecule has 0 spiro atoms. The molecule has 33 heavy (non-hydrogen) atoms. The minimum absolute atomic E-state index is 0.195. The number of alkyl halides is 3. The number of halogens is 3. The third kappa shape index (κ3) is 4.64. The van der Waals surface area contributed by atoms with E-state index in [1.165, 1.54) is 13.0 Å². The topological polar surface area (TPSA) is 72.0 Å². The van der Waals surface area contributed by atoms with Gasteiger partial charge in [0.2, 0.25) is 5.88 Å². The molecule has 1 atom stereocenters. The average molecular weight is 458 g/mol. The zero-order chi connectivity index (χ0) is 23.8. The predicted octanol–water partition coefficient (Wildman–Crippen LogP) is 5.22. The van der Waals surface area contributed by atoms with Crippen molar-refractivity contribution in [3.63, 3.8) is 0 Å². The van der Waals surface area contributed by atoms with Crippen LogP contribution in [0.1, 0.15) is 47.5 Å². The van der Waals surface area contributed by atoms with E-state index in [4.69, 9.17) is 4.74 Å². The highest BCUT2D eigenvalue weighted by Crippen LogP contribution is 2.36. The Balaban J connectivity index is 1.79.